The maximum Gasteiger partial charge on any atom is 0.322 e. The quantitative estimate of drug-likeness (QED) is 0.569. The first kappa shape index (κ1) is 26.0. The van der Waals surface area contributed by atoms with Crippen molar-refractivity contribution in [3.8, 4) is 0 Å². The van der Waals surface area contributed by atoms with E-state index in [0.717, 1.165) is 47.9 Å². The fourth-order valence-electron chi connectivity index (χ4n) is 6.21. The van der Waals surface area contributed by atoms with Gasteiger partial charge in [-0.15, -0.1) is 0 Å². The Bertz CT molecular complexity index is 1250. The number of benzene rings is 2. The predicted molar refractivity (Wildman–Crippen MR) is 147 cm³/mol. The van der Waals surface area contributed by atoms with Gasteiger partial charge in [-0.05, 0) is 50.3 Å². The molecule has 0 saturated heterocycles. The zero-order chi connectivity index (χ0) is 26.8. The summed E-state index contributed by atoms with van der Waals surface area (Å²) in [6.45, 7) is 6.64. The van der Waals surface area contributed by atoms with Crippen LogP contribution in [0.15, 0.2) is 59.8 Å². The molecule has 200 valence electrons. The molecule has 0 aromatic heterocycles. The van der Waals surface area contributed by atoms with E-state index in [2.05, 4.69) is 16.7 Å². The molecule has 1 saturated carbocycles. The molecular weight excluding hydrogens is 476 g/mol. The van der Waals surface area contributed by atoms with Gasteiger partial charge in [0, 0.05) is 19.0 Å². The molecule has 7 heteroatoms. The lowest BCUT2D eigenvalue weighted by Crippen LogP contribution is -2.52. The van der Waals surface area contributed by atoms with E-state index in [1.807, 2.05) is 63.2 Å². The number of likely N-dealkylation sites (N-methyl/N-ethyl adjacent to an activating group) is 1. The van der Waals surface area contributed by atoms with Gasteiger partial charge in [0.05, 0.1) is 23.9 Å². The Labute approximate surface area is 225 Å². The van der Waals surface area contributed by atoms with Crippen molar-refractivity contribution >= 4 is 17.8 Å². The smallest absolute Gasteiger partial charge is 0.322 e. The third-order valence-electron chi connectivity index (χ3n) is 8.20. The summed E-state index contributed by atoms with van der Waals surface area (Å²) in [5, 5.41) is 6.34. The summed E-state index contributed by atoms with van der Waals surface area (Å²) in [5.41, 5.74) is 5.33. The average Bonchev–Trinajstić information content (AvgIpc) is 3.24. The lowest BCUT2D eigenvalue weighted by atomic mass is 9.91. The number of hydrogen-bond acceptors (Lipinski definition) is 3. The summed E-state index contributed by atoms with van der Waals surface area (Å²) in [6, 6.07) is 14.7. The van der Waals surface area contributed by atoms with E-state index in [-0.39, 0.29) is 30.4 Å². The number of urea groups is 1. The summed E-state index contributed by atoms with van der Waals surface area (Å²) < 4.78 is 0. The molecule has 2 heterocycles. The maximum atomic E-state index is 14.2. The molecule has 2 aromatic carbocycles. The van der Waals surface area contributed by atoms with Gasteiger partial charge in [0.25, 0.3) is 5.91 Å². The van der Waals surface area contributed by atoms with E-state index in [0.29, 0.717) is 24.2 Å². The normalized spacial score (nSPS) is 20.9. The van der Waals surface area contributed by atoms with Crippen LogP contribution in [0.1, 0.15) is 67.3 Å². The predicted octanol–water partition coefficient (Wildman–Crippen LogP) is 4.55. The molecular formula is C31H38N4O3. The number of rotatable bonds is 7. The van der Waals surface area contributed by atoms with Gasteiger partial charge in [0.1, 0.15) is 6.04 Å². The second kappa shape index (κ2) is 11.0. The van der Waals surface area contributed by atoms with Crippen molar-refractivity contribution in [2.24, 2.45) is 0 Å². The molecule has 7 nitrogen and oxygen atoms in total. The van der Waals surface area contributed by atoms with Crippen molar-refractivity contribution in [2.75, 3.05) is 13.1 Å². The molecule has 4 amide bonds. The number of nitrogens with one attached hydrogen (secondary N) is 2. The summed E-state index contributed by atoms with van der Waals surface area (Å²) in [7, 11) is 0. The summed E-state index contributed by atoms with van der Waals surface area (Å²) in [6.07, 6.45) is 5.81. The summed E-state index contributed by atoms with van der Waals surface area (Å²) >= 11 is 0. The van der Waals surface area contributed by atoms with Crippen molar-refractivity contribution in [2.45, 2.75) is 77.4 Å². The Balaban J connectivity index is 1.50. The largest absolute Gasteiger partial charge is 0.352 e. The summed E-state index contributed by atoms with van der Waals surface area (Å²) in [4.78, 5) is 44.5. The van der Waals surface area contributed by atoms with Gasteiger partial charge in [-0.2, -0.15) is 0 Å². The van der Waals surface area contributed by atoms with Crippen LogP contribution in [-0.4, -0.2) is 52.8 Å². The molecule has 2 N–H and O–H groups in total. The monoisotopic (exact) mass is 514 g/mol. The molecule has 1 aliphatic carbocycles. The first-order valence-corrected chi connectivity index (χ1v) is 13.9. The number of carbonyl (C=O) groups excluding carboxylic acids is 3. The average molecular weight is 515 g/mol. The van der Waals surface area contributed by atoms with Gasteiger partial charge in [0.15, 0.2) is 0 Å². The lowest BCUT2D eigenvalue weighted by Gasteiger charge is -2.33. The molecule has 2 atom stereocenters. The Morgan fingerprint density at radius 2 is 1.79 bits per heavy atom. The van der Waals surface area contributed by atoms with E-state index in [4.69, 9.17) is 0 Å². The first-order valence-electron chi connectivity index (χ1n) is 13.9. The molecule has 0 spiro atoms. The standard InChI is InChI=1S/C31H38N4O3/c1-4-34-26-19-35(30(37)27(26)28(33-31(34)38)24-16-15-20(2)17-21(24)3)25(18-22-11-7-5-8-12-22)29(36)32-23-13-9-6-10-14-23/h5,7-8,11-12,15-17,23,25,28H,4,6,9-10,13-14,18-19H2,1-3H3,(H,32,36)(H,33,38)/t25-,28+/m0/s1. The minimum Gasteiger partial charge on any atom is -0.352 e. The van der Waals surface area contributed by atoms with E-state index in [1.54, 1.807) is 9.80 Å². The maximum absolute atomic E-state index is 14.2. The van der Waals surface area contributed by atoms with Crippen molar-refractivity contribution in [1.29, 1.82) is 0 Å². The van der Waals surface area contributed by atoms with E-state index in [1.165, 1.54) is 6.42 Å². The summed E-state index contributed by atoms with van der Waals surface area (Å²) in [5.74, 6) is -0.289. The minimum atomic E-state index is -0.661. The number of amides is 4. The van der Waals surface area contributed by atoms with Gasteiger partial charge in [-0.25, -0.2) is 4.79 Å². The van der Waals surface area contributed by atoms with Gasteiger partial charge in [-0.3, -0.25) is 14.5 Å². The molecule has 1 fully saturated rings. The third-order valence-corrected chi connectivity index (χ3v) is 8.20. The lowest BCUT2D eigenvalue weighted by molar-refractivity contribution is -0.137. The highest BCUT2D eigenvalue weighted by Gasteiger charge is 2.47. The van der Waals surface area contributed by atoms with Crippen molar-refractivity contribution < 1.29 is 14.4 Å². The van der Waals surface area contributed by atoms with Gasteiger partial charge < -0.3 is 15.5 Å². The van der Waals surface area contributed by atoms with Crippen LogP contribution in [0.2, 0.25) is 0 Å². The van der Waals surface area contributed by atoms with Crippen molar-refractivity contribution in [1.82, 2.24) is 20.4 Å². The molecule has 0 bridgehead atoms. The Kier molecular flexibility index (Phi) is 7.54. The van der Waals surface area contributed by atoms with Crippen LogP contribution in [-0.2, 0) is 16.0 Å². The molecule has 3 aliphatic rings. The highest BCUT2D eigenvalue weighted by Crippen LogP contribution is 2.38. The zero-order valence-electron chi connectivity index (χ0n) is 22.6. The third kappa shape index (κ3) is 5.06. The molecule has 5 rings (SSSR count). The van der Waals surface area contributed by atoms with Crippen LogP contribution in [0.4, 0.5) is 4.79 Å². The second-order valence-electron chi connectivity index (χ2n) is 10.8. The molecule has 38 heavy (non-hydrogen) atoms. The Morgan fingerprint density at radius 1 is 1.05 bits per heavy atom. The van der Waals surface area contributed by atoms with Crippen molar-refractivity contribution in [3.63, 3.8) is 0 Å². The minimum absolute atomic E-state index is 0.112. The Hall–Kier alpha value is -3.61. The molecule has 2 aromatic rings. The number of hydrogen-bond donors (Lipinski definition) is 2. The van der Waals surface area contributed by atoms with Crippen LogP contribution in [0.3, 0.4) is 0 Å². The molecule has 2 aliphatic heterocycles. The first-order chi connectivity index (χ1) is 18.4. The fourth-order valence-corrected chi connectivity index (χ4v) is 6.21. The van der Waals surface area contributed by atoms with Gasteiger partial charge >= 0.3 is 6.03 Å². The van der Waals surface area contributed by atoms with Crippen molar-refractivity contribution in [3.05, 3.63) is 82.1 Å². The SMILES string of the molecule is CCN1C(=O)N[C@H](c2ccc(C)cc2C)C2=C1CN([C@@H](Cc1ccccc1)C(=O)NC1CCCCC1)C2=O. The number of carbonyl (C=O) groups is 3. The van der Waals surface area contributed by atoms with E-state index >= 15 is 0 Å². The zero-order valence-corrected chi connectivity index (χ0v) is 22.6. The molecule has 0 unspecified atom stereocenters. The molecule has 0 radical (unpaired) electrons. The number of aryl methyl sites for hydroxylation is 2. The highest BCUT2D eigenvalue weighted by molar-refractivity contribution is 6.03. The number of nitrogens with zero attached hydrogens (tertiary/aromatic N) is 2. The topological polar surface area (TPSA) is 81.8 Å². The van der Waals surface area contributed by atoms with Crippen LogP contribution in [0.5, 0.6) is 0 Å². The van der Waals surface area contributed by atoms with E-state index in [9.17, 15) is 14.4 Å². The van der Waals surface area contributed by atoms with Gasteiger partial charge in [-0.1, -0.05) is 73.4 Å². The highest BCUT2D eigenvalue weighted by atomic mass is 16.2. The van der Waals surface area contributed by atoms with Crippen LogP contribution in [0.25, 0.3) is 0 Å². The van der Waals surface area contributed by atoms with Crippen LogP contribution in [0, 0.1) is 13.8 Å². The second-order valence-corrected chi connectivity index (χ2v) is 10.8. The van der Waals surface area contributed by atoms with Gasteiger partial charge in [0.2, 0.25) is 5.91 Å². The fraction of sp³-hybridized carbons (Fsp3) is 0.452. The van der Waals surface area contributed by atoms with Crippen LogP contribution < -0.4 is 10.6 Å². The van der Waals surface area contributed by atoms with E-state index < -0.39 is 12.1 Å². The Morgan fingerprint density at radius 3 is 2.47 bits per heavy atom. The van der Waals surface area contributed by atoms with Crippen LogP contribution >= 0.6 is 0 Å².